The number of rotatable bonds is 4. The van der Waals surface area contributed by atoms with Gasteiger partial charge in [-0.25, -0.2) is 9.50 Å². The predicted octanol–water partition coefficient (Wildman–Crippen LogP) is 5.72. The van der Waals surface area contributed by atoms with Crippen LogP contribution < -0.4 is 5.32 Å². The van der Waals surface area contributed by atoms with Crippen LogP contribution in [0.15, 0.2) is 60.9 Å². The van der Waals surface area contributed by atoms with Crippen LogP contribution in [0.4, 0.5) is 18.9 Å². The zero-order valence-electron chi connectivity index (χ0n) is 22.8. The van der Waals surface area contributed by atoms with Crippen LogP contribution in [-0.4, -0.2) is 63.5 Å². The van der Waals surface area contributed by atoms with Crippen molar-refractivity contribution in [1.29, 1.82) is 0 Å². The van der Waals surface area contributed by atoms with Gasteiger partial charge in [0.05, 0.1) is 11.8 Å². The number of carbonyl (C=O) groups is 1. The van der Waals surface area contributed by atoms with Gasteiger partial charge in [-0.05, 0) is 67.4 Å². The van der Waals surface area contributed by atoms with Crippen LogP contribution in [0.3, 0.4) is 0 Å². The normalized spacial score (nSPS) is 13.6. The van der Waals surface area contributed by atoms with Crippen LogP contribution in [-0.2, 0) is 12.7 Å². The number of likely N-dealkylation sites (N-methyl/N-ethyl adjacent to an activating group) is 1. The quantitative estimate of drug-likeness (QED) is 0.289. The van der Waals surface area contributed by atoms with E-state index < -0.39 is 17.6 Å². The standard InChI is InChI=1S/C29H27F3N6O.3ClH/c1-20-5-6-22(16-21(20)8-10-25-18-33-27-4-3-11-34-38(25)27)28(39)35-24-9-7-23(26(17-24)29(30,31)32)19-37-14-12-36(2)13-15-37;;;/h3-7,9,11,16-18H,12-15,19H2,1-2H3,(H,35,39);3*1H. The molecular formula is C29H30Cl3F3N6O. The number of alkyl halides is 3. The first-order valence-electron chi connectivity index (χ1n) is 12.5. The van der Waals surface area contributed by atoms with Gasteiger partial charge < -0.3 is 10.2 Å². The molecule has 0 unspecified atom stereocenters. The zero-order valence-corrected chi connectivity index (χ0v) is 25.3. The summed E-state index contributed by atoms with van der Waals surface area (Å²) in [6.45, 7) is 5.12. The molecule has 7 nitrogen and oxygen atoms in total. The van der Waals surface area contributed by atoms with Crippen molar-refractivity contribution in [1.82, 2.24) is 24.4 Å². The molecule has 1 fully saturated rings. The summed E-state index contributed by atoms with van der Waals surface area (Å²) in [6, 6.07) is 12.6. The lowest BCUT2D eigenvalue weighted by molar-refractivity contribution is -0.138. The Hall–Kier alpha value is -3.33. The fourth-order valence-corrected chi connectivity index (χ4v) is 4.45. The second-order valence-corrected chi connectivity index (χ2v) is 9.62. The van der Waals surface area contributed by atoms with Gasteiger partial charge in [-0.1, -0.05) is 18.1 Å². The van der Waals surface area contributed by atoms with Crippen LogP contribution in [0.25, 0.3) is 5.65 Å². The third-order valence-corrected chi connectivity index (χ3v) is 6.77. The molecule has 1 aliphatic heterocycles. The highest BCUT2D eigenvalue weighted by atomic mass is 35.5. The van der Waals surface area contributed by atoms with Crippen molar-refractivity contribution in [3.63, 3.8) is 0 Å². The van der Waals surface area contributed by atoms with Gasteiger partial charge in [-0.2, -0.15) is 18.3 Å². The largest absolute Gasteiger partial charge is 0.416 e. The fraction of sp³-hybridized carbons (Fsp3) is 0.276. The monoisotopic (exact) mass is 640 g/mol. The van der Waals surface area contributed by atoms with Crippen LogP contribution in [0.5, 0.6) is 0 Å². The molecule has 2 aromatic carbocycles. The van der Waals surface area contributed by atoms with Gasteiger partial charge in [0, 0.05) is 55.7 Å². The average Bonchev–Trinajstić information content (AvgIpc) is 3.33. The first-order valence-corrected chi connectivity index (χ1v) is 12.5. The maximum absolute atomic E-state index is 13.9. The van der Waals surface area contributed by atoms with Crippen molar-refractivity contribution >= 4 is 54.5 Å². The Balaban J connectivity index is 0.00000205. The number of nitrogens with zero attached hydrogens (tertiary/aromatic N) is 5. The number of benzene rings is 2. The number of aryl methyl sites for hydroxylation is 1. The highest BCUT2D eigenvalue weighted by Crippen LogP contribution is 2.34. The number of hydrogen-bond donors (Lipinski definition) is 1. The number of fused-ring (bicyclic) bond motifs is 1. The van der Waals surface area contributed by atoms with Crippen molar-refractivity contribution < 1.29 is 18.0 Å². The molecule has 224 valence electrons. The molecule has 0 aliphatic carbocycles. The molecule has 42 heavy (non-hydrogen) atoms. The summed E-state index contributed by atoms with van der Waals surface area (Å²) < 4.78 is 43.4. The highest BCUT2D eigenvalue weighted by molar-refractivity contribution is 6.04. The summed E-state index contributed by atoms with van der Waals surface area (Å²) in [5.74, 6) is 5.57. The molecular weight excluding hydrogens is 612 g/mol. The van der Waals surface area contributed by atoms with Gasteiger partial charge in [0.2, 0.25) is 0 Å². The lowest BCUT2D eigenvalue weighted by Gasteiger charge is -2.33. The topological polar surface area (TPSA) is 65.8 Å². The van der Waals surface area contributed by atoms with Crippen molar-refractivity contribution in [2.24, 2.45) is 0 Å². The van der Waals surface area contributed by atoms with Crippen molar-refractivity contribution in [2.75, 3.05) is 38.5 Å². The molecule has 0 spiro atoms. The van der Waals surface area contributed by atoms with Crippen molar-refractivity contribution in [3.8, 4) is 11.8 Å². The van der Waals surface area contributed by atoms with E-state index in [4.69, 9.17) is 0 Å². The number of nitrogens with one attached hydrogen (secondary N) is 1. The van der Waals surface area contributed by atoms with E-state index in [1.807, 2.05) is 24.9 Å². The van der Waals surface area contributed by atoms with Crippen LogP contribution in [0, 0.1) is 18.8 Å². The second kappa shape index (κ2) is 14.7. The lowest BCUT2D eigenvalue weighted by atomic mass is 10.0. The summed E-state index contributed by atoms with van der Waals surface area (Å²) in [7, 11) is 2.00. The molecule has 3 heterocycles. The average molecular weight is 642 g/mol. The Bertz CT molecular complexity index is 1590. The Morgan fingerprint density at radius 3 is 2.45 bits per heavy atom. The van der Waals surface area contributed by atoms with Gasteiger partial charge in [0.15, 0.2) is 5.65 Å². The van der Waals surface area contributed by atoms with Gasteiger partial charge in [0.25, 0.3) is 5.91 Å². The first-order chi connectivity index (χ1) is 18.7. The predicted molar refractivity (Wildman–Crippen MR) is 164 cm³/mol. The van der Waals surface area contributed by atoms with Crippen LogP contribution in [0.2, 0.25) is 0 Å². The summed E-state index contributed by atoms with van der Waals surface area (Å²) in [5, 5.41) is 6.85. The molecule has 0 bridgehead atoms. The van der Waals surface area contributed by atoms with Crippen molar-refractivity contribution in [3.05, 3.63) is 94.4 Å². The molecule has 1 N–H and O–H groups in total. The van der Waals surface area contributed by atoms with Crippen molar-refractivity contribution in [2.45, 2.75) is 19.6 Å². The minimum Gasteiger partial charge on any atom is -0.322 e. The molecule has 5 rings (SSSR count). The molecule has 1 saturated heterocycles. The van der Waals surface area contributed by atoms with E-state index >= 15 is 0 Å². The maximum atomic E-state index is 13.9. The summed E-state index contributed by atoms with van der Waals surface area (Å²) in [4.78, 5) is 21.4. The molecule has 1 aliphatic rings. The zero-order chi connectivity index (χ0) is 27.6. The first kappa shape index (κ1) is 34.9. The minimum atomic E-state index is -4.54. The third-order valence-electron chi connectivity index (χ3n) is 6.77. The molecule has 1 amide bonds. The summed E-state index contributed by atoms with van der Waals surface area (Å²) in [5.41, 5.74) is 2.56. The maximum Gasteiger partial charge on any atom is 0.416 e. The van der Waals surface area contributed by atoms with Gasteiger partial charge in [-0.15, -0.1) is 37.2 Å². The highest BCUT2D eigenvalue weighted by Gasteiger charge is 2.34. The molecule has 0 radical (unpaired) electrons. The van der Waals surface area contributed by atoms with Crippen LogP contribution in [0.1, 0.15) is 38.3 Å². The molecule has 4 aromatic rings. The number of piperazine rings is 1. The van der Waals surface area contributed by atoms with Crippen LogP contribution >= 0.6 is 37.2 Å². The number of aromatic nitrogens is 3. The number of anilines is 1. The molecule has 0 atom stereocenters. The fourth-order valence-electron chi connectivity index (χ4n) is 4.45. The Morgan fingerprint density at radius 1 is 1.00 bits per heavy atom. The number of imidazole rings is 1. The lowest BCUT2D eigenvalue weighted by Crippen LogP contribution is -2.44. The SMILES string of the molecule is Cc1ccc(C(=O)Nc2ccc(CN3CCN(C)CC3)c(C(F)(F)F)c2)cc1C#Cc1cnc2cccnn12.Cl.Cl.Cl. The molecule has 2 aromatic heterocycles. The third kappa shape index (κ3) is 8.15. The Labute approximate surface area is 260 Å². The van der Waals surface area contributed by atoms with Gasteiger partial charge in [-0.3, -0.25) is 9.69 Å². The summed E-state index contributed by atoms with van der Waals surface area (Å²) >= 11 is 0. The van der Waals surface area contributed by atoms with E-state index in [2.05, 4.69) is 32.1 Å². The van der Waals surface area contributed by atoms with E-state index in [1.54, 1.807) is 41.2 Å². The Kier molecular flexibility index (Phi) is 12.2. The van der Waals surface area contributed by atoms with E-state index in [0.29, 0.717) is 30.0 Å². The number of halogens is 6. The van der Waals surface area contributed by atoms with Gasteiger partial charge >= 0.3 is 6.18 Å². The number of hydrogen-bond acceptors (Lipinski definition) is 5. The molecule has 0 saturated carbocycles. The minimum absolute atomic E-state index is 0. The van der Waals surface area contributed by atoms with E-state index in [9.17, 15) is 18.0 Å². The summed E-state index contributed by atoms with van der Waals surface area (Å²) in [6.07, 6.45) is -1.28. The van der Waals surface area contributed by atoms with E-state index in [-0.39, 0.29) is 60.6 Å². The van der Waals surface area contributed by atoms with Gasteiger partial charge in [0.1, 0.15) is 5.69 Å². The van der Waals surface area contributed by atoms with E-state index in [0.717, 1.165) is 24.7 Å². The number of carbonyl (C=O) groups excluding carboxylic acids is 1. The second-order valence-electron chi connectivity index (χ2n) is 9.62. The Morgan fingerprint density at radius 2 is 1.74 bits per heavy atom. The number of amides is 1. The van der Waals surface area contributed by atoms with E-state index in [1.165, 1.54) is 12.1 Å². The smallest absolute Gasteiger partial charge is 0.322 e. The molecule has 13 heteroatoms.